The number of Topliss-reactive ketones (excluding diaryl/α,β-unsaturated/α-hetero) is 1. The van der Waals surface area contributed by atoms with Crippen molar-refractivity contribution in [2.75, 3.05) is 4.90 Å². The normalized spacial score (nSPS) is 14.1. The van der Waals surface area contributed by atoms with Crippen LogP contribution in [0.15, 0.2) is 22.7 Å². The van der Waals surface area contributed by atoms with E-state index in [9.17, 15) is 9.59 Å². The van der Waals surface area contributed by atoms with Crippen LogP contribution in [0.3, 0.4) is 0 Å². The summed E-state index contributed by atoms with van der Waals surface area (Å²) in [7, 11) is 0. The minimum Gasteiger partial charge on any atom is -0.337 e. The molecule has 2 aromatic rings. The van der Waals surface area contributed by atoms with Crippen molar-refractivity contribution < 1.29 is 14.1 Å². The summed E-state index contributed by atoms with van der Waals surface area (Å²) in [5.74, 6) is -0.494. The predicted octanol–water partition coefficient (Wildman–Crippen LogP) is 1.76. The summed E-state index contributed by atoms with van der Waals surface area (Å²) in [5, 5.41) is 3.98. The highest BCUT2D eigenvalue weighted by Gasteiger charge is 2.38. The van der Waals surface area contributed by atoms with Gasteiger partial charge in [0.15, 0.2) is 5.82 Å². The van der Waals surface area contributed by atoms with Gasteiger partial charge in [0.25, 0.3) is 11.7 Å². The smallest absolute Gasteiger partial charge is 0.300 e. The molecule has 96 valence electrons. The van der Waals surface area contributed by atoms with E-state index in [1.165, 1.54) is 4.90 Å². The van der Waals surface area contributed by atoms with Gasteiger partial charge in [-0.05, 0) is 19.1 Å². The van der Waals surface area contributed by atoms with Crippen molar-refractivity contribution in [2.24, 2.45) is 0 Å². The van der Waals surface area contributed by atoms with Crippen molar-refractivity contribution in [2.45, 2.75) is 13.5 Å². The van der Waals surface area contributed by atoms with Crippen molar-refractivity contribution in [3.8, 4) is 0 Å². The van der Waals surface area contributed by atoms with Crippen LogP contribution in [0.1, 0.15) is 22.1 Å². The third kappa shape index (κ3) is 1.80. The minimum absolute atomic E-state index is 0.0299. The van der Waals surface area contributed by atoms with Crippen LogP contribution in [0.25, 0.3) is 0 Å². The Labute approximate surface area is 113 Å². The molecular weight excluding hydrogens is 270 g/mol. The van der Waals surface area contributed by atoms with E-state index in [-0.39, 0.29) is 12.4 Å². The maximum Gasteiger partial charge on any atom is 0.300 e. The Morgan fingerprint density at radius 2 is 2.16 bits per heavy atom. The molecule has 0 radical (unpaired) electrons. The van der Waals surface area contributed by atoms with Crippen molar-refractivity contribution in [3.05, 3.63) is 40.5 Å². The average molecular weight is 278 g/mol. The van der Waals surface area contributed by atoms with Gasteiger partial charge in [0.2, 0.25) is 5.89 Å². The van der Waals surface area contributed by atoms with Gasteiger partial charge in [0, 0.05) is 0 Å². The molecule has 1 aliphatic rings. The highest BCUT2D eigenvalue weighted by Crippen LogP contribution is 2.36. The summed E-state index contributed by atoms with van der Waals surface area (Å²) in [6.45, 7) is 1.70. The summed E-state index contributed by atoms with van der Waals surface area (Å²) in [6.07, 6.45) is 0. The first-order valence-electron chi connectivity index (χ1n) is 5.52. The van der Waals surface area contributed by atoms with E-state index >= 15 is 0 Å². The zero-order valence-electron chi connectivity index (χ0n) is 9.88. The molecular formula is C12H8ClN3O3. The van der Waals surface area contributed by atoms with E-state index < -0.39 is 11.7 Å². The lowest BCUT2D eigenvalue weighted by atomic mass is 10.1. The van der Waals surface area contributed by atoms with Crippen LogP contribution in [0.2, 0.25) is 5.02 Å². The van der Waals surface area contributed by atoms with Crippen LogP contribution in [-0.4, -0.2) is 21.8 Å². The maximum absolute atomic E-state index is 12.0. The van der Waals surface area contributed by atoms with Gasteiger partial charge in [-0.2, -0.15) is 4.98 Å². The summed E-state index contributed by atoms with van der Waals surface area (Å²) < 4.78 is 4.96. The lowest BCUT2D eigenvalue weighted by Crippen LogP contribution is -2.29. The molecule has 0 saturated heterocycles. The largest absolute Gasteiger partial charge is 0.337 e. The van der Waals surface area contributed by atoms with Gasteiger partial charge < -0.3 is 4.52 Å². The maximum atomic E-state index is 12.0. The molecule has 7 heteroatoms. The molecule has 1 amide bonds. The number of anilines is 1. The number of para-hydroxylation sites is 1. The number of rotatable bonds is 2. The number of halogens is 1. The summed E-state index contributed by atoms with van der Waals surface area (Å²) in [6, 6.07) is 4.82. The number of benzene rings is 1. The molecule has 0 atom stereocenters. The lowest BCUT2D eigenvalue weighted by Gasteiger charge is -2.14. The van der Waals surface area contributed by atoms with Crippen molar-refractivity contribution in [3.63, 3.8) is 0 Å². The molecule has 1 aromatic carbocycles. The Morgan fingerprint density at radius 1 is 1.37 bits per heavy atom. The average Bonchev–Trinajstić information content (AvgIpc) is 2.89. The number of carbonyl (C=O) groups is 2. The highest BCUT2D eigenvalue weighted by molar-refractivity contribution is 6.54. The first-order chi connectivity index (χ1) is 9.08. The first kappa shape index (κ1) is 11.9. The van der Waals surface area contributed by atoms with Crippen LogP contribution < -0.4 is 4.90 Å². The van der Waals surface area contributed by atoms with Crippen molar-refractivity contribution in [1.82, 2.24) is 10.1 Å². The van der Waals surface area contributed by atoms with Gasteiger partial charge in [0.05, 0.1) is 16.3 Å². The molecule has 0 fully saturated rings. The van der Waals surface area contributed by atoms with Gasteiger partial charge in [0.1, 0.15) is 6.54 Å². The quantitative estimate of drug-likeness (QED) is 0.782. The SMILES string of the molecule is Cc1noc(CN2C(=O)C(=O)c3cccc(Cl)c32)n1. The summed E-state index contributed by atoms with van der Waals surface area (Å²) >= 11 is 6.05. The highest BCUT2D eigenvalue weighted by atomic mass is 35.5. The molecule has 0 aliphatic carbocycles. The number of fused-ring (bicyclic) bond motifs is 1. The van der Waals surface area contributed by atoms with E-state index in [4.69, 9.17) is 16.1 Å². The van der Waals surface area contributed by atoms with E-state index in [2.05, 4.69) is 10.1 Å². The third-order valence-corrected chi connectivity index (χ3v) is 3.11. The number of aryl methyl sites for hydroxylation is 1. The second-order valence-electron chi connectivity index (χ2n) is 4.09. The fourth-order valence-electron chi connectivity index (χ4n) is 2.00. The molecule has 0 spiro atoms. The number of nitrogens with zero attached hydrogens (tertiary/aromatic N) is 3. The lowest BCUT2D eigenvalue weighted by molar-refractivity contribution is -0.114. The fourth-order valence-corrected chi connectivity index (χ4v) is 2.28. The van der Waals surface area contributed by atoms with E-state index in [0.717, 1.165) is 0 Å². The van der Waals surface area contributed by atoms with Crippen LogP contribution in [-0.2, 0) is 11.3 Å². The number of amides is 1. The predicted molar refractivity (Wildman–Crippen MR) is 66.0 cm³/mol. The molecule has 1 aromatic heterocycles. The molecule has 19 heavy (non-hydrogen) atoms. The molecule has 3 rings (SSSR count). The molecule has 2 heterocycles. The molecule has 0 bridgehead atoms. The number of ketones is 1. The zero-order valence-corrected chi connectivity index (χ0v) is 10.6. The Morgan fingerprint density at radius 3 is 2.84 bits per heavy atom. The topological polar surface area (TPSA) is 76.3 Å². The number of hydrogen-bond donors (Lipinski definition) is 0. The molecule has 6 nitrogen and oxygen atoms in total. The zero-order chi connectivity index (χ0) is 13.6. The molecule has 0 N–H and O–H groups in total. The van der Waals surface area contributed by atoms with Crippen molar-refractivity contribution in [1.29, 1.82) is 0 Å². The Kier molecular flexibility index (Phi) is 2.60. The molecule has 1 aliphatic heterocycles. The second-order valence-corrected chi connectivity index (χ2v) is 4.50. The van der Waals surface area contributed by atoms with Gasteiger partial charge in [-0.3, -0.25) is 14.5 Å². The number of carbonyl (C=O) groups excluding carboxylic acids is 2. The summed E-state index contributed by atoms with van der Waals surface area (Å²) in [4.78, 5) is 29.1. The van der Waals surface area contributed by atoms with Crippen molar-refractivity contribution >= 4 is 29.0 Å². The van der Waals surface area contributed by atoms with Crippen LogP contribution >= 0.6 is 11.6 Å². The monoisotopic (exact) mass is 277 g/mol. The van der Waals surface area contributed by atoms with Crippen LogP contribution in [0, 0.1) is 6.92 Å². The fraction of sp³-hybridized carbons (Fsp3) is 0.167. The Bertz CT molecular complexity index is 695. The third-order valence-electron chi connectivity index (χ3n) is 2.80. The number of hydrogen-bond acceptors (Lipinski definition) is 5. The van der Waals surface area contributed by atoms with Crippen LogP contribution in [0.4, 0.5) is 5.69 Å². The summed E-state index contributed by atoms with van der Waals surface area (Å²) in [5.41, 5.74) is 0.698. The van der Waals surface area contributed by atoms with Gasteiger partial charge in [-0.1, -0.05) is 22.8 Å². The first-order valence-corrected chi connectivity index (χ1v) is 5.89. The molecule has 0 saturated carbocycles. The van der Waals surface area contributed by atoms with Gasteiger partial charge in [-0.15, -0.1) is 0 Å². The van der Waals surface area contributed by atoms with E-state index in [1.54, 1.807) is 25.1 Å². The van der Waals surface area contributed by atoms with Gasteiger partial charge in [-0.25, -0.2) is 0 Å². The minimum atomic E-state index is -0.640. The second kappa shape index (κ2) is 4.17. The van der Waals surface area contributed by atoms with E-state index in [0.29, 0.717) is 22.1 Å². The van der Waals surface area contributed by atoms with Gasteiger partial charge >= 0.3 is 0 Å². The number of aromatic nitrogens is 2. The standard InChI is InChI=1S/C12H8ClN3O3/c1-6-14-9(19-15-6)5-16-10-7(11(17)12(16)18)3-2-4-8(10)13/h2-4H,5H2,1H3. The molecule has 0 unspecified atom stereocenters. The Hall–Kier alpha value is -2.21. The van der Waals surface area contributed by atoms with E-state index in [1.807, 2.05) is 0 Å². The Balaban J connectivity index is 2.04. The van der Waals surface area contributed by atoms with Crippen LogP contribution in [0.5, 0.6) is 0 Å².